The number of rotatable bonds is 3. The minimum Gasteiger partial charge on any atom is -0.331 e. The van der Waals surface area contributed by atoms with Crippen LogP contribution in [0.1, 0.15) is 67.5 Å². The Bertz CT molecular complexity index is 636. The number of nitrogens with zero attached hydrogens (tertiary/aromatic N) is 2. The molecule has 1 aliphatic carbocycles. The van der Waals surface area contributed by atoms with Crippen molar-refractivity contribution in [3.8, 4) is 0 Å². The molecule has 0 spiro atoms. The van der Waals surface area contributed by atoms with Crippen molar-refractivity contribution in [1.82, 2.24) is 9.55 Å². The third kappa shape index (κ3) is 2.26. The van der Waals surface area contributed by atoms with Crippen LogP contribution in [0, 0.1) is 0 Å². The summed E-state index contributed by atoms with van der Waals surface area (Å²) in [5.74, 6) is 1.98. The molecule has 0 amide bonds. The van der Waals surface area contributed by atoms with E-state index < -0.39 is 0 Å². The van der Waals surface area contributed by atoms with Crippen LogP contribution >= 0.6 is 0 Å². The van der Waals surface area contributed by atoms with E-state index in [0.29, 0.717) is 12.3 Å². The van der Waals surface area contributed by atoms with Gasteiger partial charge in [0.25, 0.3) is 0 Å². The Morgan fingerprint density at radius 3 is 2.75 bits per heavy atom. The molecule has 1 heterocycles. The second-order valence-electron chi connectivity index (χ2n) is 5.84. The van der Waals surface area contributed by atoms with Gasteiger partial charge in [0, 0.05) is 24.9 Å². The number of fused-ring (bicyclic) bond motifs is 1. The lowest BCUT2D eigenvalue weighted by Crippen LogP contribution is -2.09. The maximum absolute atomic E-state index is 11.8. The van der Waals surface area contributed by atoms with E-state index in [9.17, 15) is 4.79 Å². The van der Waals surface area contributed by atoms with Gasteiger partial charge in [-0.1, -0.05) is 26.2 Å². The van der Waals surface area contributed by atoms with E-state index in [-0.39, 0.29) is 5.78 Å². The van der Waals surface area contributed by atoms with Gasteiger partial charge in [-0.25, -0.2) is 4.98 Å². The van der Waals surface area contributed by atoms with Crippen LogP contribution < -0.4 is 0 Å². The molecule has 1 saturated carbocycles. The zero-order valence-electron chi connectivity index (χ0n) is 12.4. The summed E-state index contributed by atoms with van der Waals surface area (Å²) in [5.41, 5.74) is 2.89. The molecular formula is C17H22N2O. The van der Waals surface area contributed by atoms with Crippen LogP contribution in [0.4, 0.5) is 0 Å². The van der Waals surface area contributed by atoms with E-state index in [1.54, 1.807) is 0 Å². The van der Waals surface area contributed by atoms with Gasteiger partial charge in [0.2, 0.25) is 0 Å². The van der Waals surface area contributed by atoms with E-state index in [0.717, 1.165) is 16.6 Å². The summed E-state index contributed by atoms with van der Waals surface area (Å²) in [4.78, 5) is 16.6. The quantitative estimate of drug-likeness (QED) is 0.783. The normalized spacial score (nSPS) is 16.7. The average Bonchev–Trinajstić information content (AvgIpc) is 2.84. The van der Waals surface area contributed by atoms with E-state index in [1.165, 1.54) is 37.9 Å². The fourth-order valence-corrected chi connectivity index (χ4v) is 3.32. The Balaban J connectivity index is 2.02. The first-order valence-electron chi connectivity index (χ1n) is 7.70. The average molecular weight is 270 g/mol. The van der Waals surface area contributed by atoms with Crippen LogP contribution in [0.25, 0.3) is 11.0 Å². The van der Waals surface area contributed by atoms with Crippen LogP contribution in [-0.2, 0) is 7.05 Å². The first-order valence-corrected chi connectivity index (χ1v) is 7.70. The highest BCUT2D eigenvalue weighted by Gasteiger charge is 2.21. The number of carbonyl (C=O) groups is 1. The van der Waals surface area contributed by atoms with Gasteiger partial charge in [0.15, 0.2) is 5.78 Å². The molecule has 1 aliphatic rings. The highest BCUT2D eigenvalue weighted by atomic mass is 16.1. The van der Waals surface area contributed by atoms with Crippen LogP contribution in [-0.4, -0.2) is 15.3 Å². The maximum atomic E-state index is 11.8. The minimum absolute atomic E-state index is 0.191. The Morgan fingerprint density at radius 1 is 1.30 bits per heavy atom. The van der Waals surface area contributed by atoms with Gasteiger partial charge in [0.05, 0.1) is 11.0 Å². The van der Waals surface area contributed by atoms with Crippen molar-refractivity contribution in [2.45, 2.75) is 51.4 Å². The Labute approximate surface area is 120 Å². The zero-order valence-corrected chi connectivity index (χ0v) is 12.4. The molecule has 20 heavy (non-hydrogen) atoms. The molecule has 0 saturated heterocycles. The summed E-state index contributed by atoms with van der Waals surface area (Å²) in [6, 6.07) is 5.92. The SMILES string of the molecule is CCC(=O)c1ccc2c(c1)nc(C1CCCCC1)n2C. The fraction of sp³-hybridized carbons (Fsp3) is 0.529. The number of aromatic nitrogens is 2. The van der Waals surface area contributed by atoms with E-state index in [1.807, 2.05) is 25.1 Å². The third-order valence-corrected chi connectivity index (χ3v) is 4.53. The fourth-order valence-electron chi connectivity index (χ4n) is 3.32. The number of aryl methyl sites for hydroxylation is 1. The predicted molar refractivity (Wildman–Crippen MR) is 81.2 cm³/mol. The Morgan fingerprint density at radius 2 is 2.05 bits per heavy atom. The largest absolute Gasteiger partial charge is 0.331 e. The van der Waals surface area contributed by atoms with Crippen molar-refractivity contribution < 1.29 is 4.79 Å². The van der Waals surface area contributed by atoms with Crippen LogP contribution in [0.3, 0.4) is 0 Å². The number of Topliss-reactive ketones (excluding diaryl/α,β-unsaturated/α-hetero) is 1. The zero-order chi connectivity index (χ0) is 14.1. The molecule has 3 rings (SSSR count). The number of ketones is 1. The smallest absolute Gasteiger partial charge is 0.162 e. The van der Waals surface area contributed by atoms with Gasteiger partial charge in [0.1, 0.15) is 5.82 Å². The molecule has 1 aromatic carbocycles. The van der Waals surface area contributed by atoms with Crippen molar-refractivity contribution in [3.63, 3.8) is 0 Å². The molecule has 0 bridgehead atoms. The summed E-state index contributed by atoms with van der Waals surface area (Å²) < 4.78 is 2.21. The van der Waals surface area contributed by atoms with Crippen LogP contribution in [0.2, 0.25) is 0 Å². The lowest BCUT2D eigenvalue weighted by atomic mass is 9.89. The number of hydrogen-bond donors (Lipinski definition) is 0. The second kappa shape index (κ2) is 5.39. The first kappa shape index (κ1) is 13.3. The molecule has 2 aromatic rings. The van der Waals surface area contributed by atoms with Gasteiger partial charge < -0.3 is 4.57 Å². The van der Waals surface area contributed by atoms with E-state index in [4.69, 9.17) is 4.98 Å². The van der Waals surface area contributed by atoms with Gasteiger partial charge in [-0.2, -0.15) is 0 Å². The van der Waals surface area contributed by atoms with Crippen molar-refractivity contribution in [3.05, 3.63) is 29.6 Å². The lowest BCUT2D eigenvalue weighted by Gasteiger charge is -2.20. The molecule has 0 aliphatic heterocycles. The summed E-state index contributed by atoms with van der Waals surface area (Å²) in [5, 5.41) is 0. The van der Waals surface area contributed by atoms with Gasteiger partial charge in [-0.05, 0) is 31.0 Å². The maximum Gasteiger partial charge on any atom is 0.162 e. The Kier molecular flexibility index (Phi) is 3.60. The molecule has 0 N–H and O–H groups in total. The molecular weight excluding hydrogens is 248 g/mol. The first-order chi connectivity index (χ1) is 9.70. The number of hydrogen-bond acceptors (Lipinski definition) is 2. The topological polar surface area (TPSA) is 34.9 Å². The summed E-state index contributed by atoms with van der Waals surface area (Å²) in [6.45, 7) is 1.90. The molecule has 0 unspecified atom stereocenters. The molecule has 3 nitrogen and oxygen atoms in total. The molecule has 106 valence electrons. The Hall–Kier alpha value is -1.64. The molecule has 0 radical (unpaired) electrons. The number of imidazole rings is 1. The highest BCUT2D eigenvalue weighted by molar-refractivity contribution is 5.98. The van der Waals surface area contributed by atoms with E-state index >= 15 is 0 Å². The standard InChI is InChI=1S/C17H22N2O/c1-3-16(20)13-9-10-15-14(11-13)18-17(19(15)2)12-7-5-4-6-8-12/h9-12H,3-8H2,1-2H3. The van der Waals surface area contributed by atoms with Gasteiger partial charge in [-0.3, -0.25) is 4.79 Å². The van der Waals surface area contributed by atoms with E-state index in [2.05, 4.69) is 11.6 Å². The number of carbonyl (C=O) groups excluding carboxylic acids is 1. The second-order valence-corrected chi connectivity index (χ2v) is 5.84. The third-order valence-electron chi connectivity index (χ3n) is 4.53. The lowest BCUT2D eigenvalue weighted by molar-refractivity contribution is 0.0988. The van der Waals surface area contributed by atoms with Crippen molar-refractivity contribution in [2.75, 3.05) is 0 Å². The van der Waals surface area contributed by atoms with Crippen molar-refractivity contribution >= 4 is 16.8 Å². The molecule has 0 atom stereocenters. The molecule has 1 fully saturated rings. The highest BCUT2D eigenvalue weighted by Crippen LogP contribution is 2.33. The molecule has 1 aromatic heterocycles. The van der Waals surface area contributed by atoms with Gasteiger partial charge >= 0.3 is 0 Å². The molecule has 3 heteroatoms. The predicted octanol–water partition coefficient (Wildman–Crippen LogP) is 4.21. The summed E-state index contributed by atoms with van der Waals surface area (Å²) in [7, 11) is 2.10. The van der Waals surface area contributed by atoms with Crippen LogP contribution in [0.15, 0.2) is 18.2 Å². The summed E-state index contributed by atoms with van der Waals surface area (Å²) in [6.07, 6.45) is 7.03. The minimum atomic E-state index is 0.191. The van der Waals surface area contributed by atoms with Gasteiger partial charge in [-0.15, -0.1) is 0 Å². The summed E-state index contributed by atoms with van der Waals surface area (Å²) >= 11 is 0. The monoisotopic (exact) mass is 270 g/mol. The van der Waals surface area contributed by atoms with Crippen LogP contribution in [0.5, 0.6) is 0 Å². The number of benzene rings is 1. The van der Waals surface area contributed by atoms with Crippen molar-refractivity contribution in [2.24, 2.45) is 7.05 Å². The van der Waals surface area contributed by atoms with Crippen molar-refractivity contribution in [1.29, 1.82) is 0 Å².